The van der Waals surface area contributed by atoms with Gasteiger partial charge in [0.25, 0.3) is 0 Å². The quantitative estimate of drug-likeness (QED) is 0.00774. The number of unbranched alkanes of at least 4 members (excludes halogenated alkanes) is 8. The third kappa shape index (κ3) is 21.0. The minimum Gasteiger partial charge on any atom is -1.00 e. The molecule has 0 radical (unpaired) electrons. The largest absolute Gasteiger partial charge is 1.00 e. The maximum atomic E-state index is 14.7. The summed E-state index contributed by atoms with van der Waals surface area (Å²) in [4.78, 5) is 30.7. The molecule has 0 amide bonds. The van der Waals surface area contributed by atoms with Gasteiger partial charge in [0.1, 0.15) is 30.1 Å². The van der Waals surface area contributed by atoms with Gasteiger partial charge in [-0.2, -0.15) is 4.58 Å². The van der Waals surface area contributed by atoms with Crippen molar-refractivity contribution < 1.29 is 69.4 Å². The molecule has 23 heteroatoms. The van der Waals surface area contributed by atoms with E-state index in [1.807, 2.05) is 72.8 Å². The summed E-state index contributed by atoms with van der Waals surface area (Å²) >= 11 is 0. The molecule has 9 atom stereocenters. The molecule has 1 fully saturated rings. The number of ether oxygens (including phenoxy) is 4. The third-order valence-corrected chi connectivity index (χ3v) is 24.7. The smallest absolute Gasteiger partial charge is 0.762 e. The van der Waals surface area contributed by atoms with Gasteiger partial charge in [-0.25, -0.2) is 0 Å². The normalized spacial score (nSPS) is 22.2. The Morgan fingerprint density at radius 2 is 1.05 bits per heavy atom. The Balaban J connectivity index is 0.000000254. The molecule has 4 aliphatic heterocycles. The van der Waals surface area contributed by atoms with Gasteiger partial charge >= 0.3 is 19.5 Å². The Kier molecular flexibility index (Phi) is 31.7. The van der Waals surface area contributed by atoms with E-state index in [0.717, 1.165) is 175 Å². The van der Waals surface area contributed by atoms with Gasteiger partial charge in [-0.05, 0) is 176 Å². The molecule has 0 bridgehead atoms. The number of carbonyl (C=O) groups excluding carboxylic acids is 2. The van der Waals surface area contributed by atoms with Gasteiger partial charge < -0.3 is 60.0 Å². The number of esters is 2. The fourth-order valence-electron chi connectivity index (χ4n) is 17.0. The molecule has 113 heavy (non-hydrogen) atoms. The maximum absolute atomic E-state index is 14.7. The second-order valence-electron chi connectivity index (χ2n) is 30.5. The highest BCUT2D eigenvalue weighted by Crippen LogP contribution is 2.52. The molecule has 4 heterocycles. The second kappa shape index (κ2) is 41.2. The van der Waals surface area contributed by atoms with Gasteiger partial charge in [-0.3, -0.25) is 31.0 Å². The molecule has 16 nitrogen and oxygen atoms in total. The van der Waals surface area contributed by atoms with Gasteiger partial charge in [-0.1, -0.05) is 153 Å². The number of nitrogens with zero attached hydrogens (tertiary/aromatic N) is 2. The zero-order valence-electron chi connectivity index (χ0n) is 66.9. The van der Waals surface area contributed by atoms with Crippen LogP contribution in [0, 0.1) is 5.92 Å². The standard InChI is InChI=1S/C56H74N4O8.C34H39N2O2S2.BF3.FH/c1-7-11-15-29-65-35(5)53-54(36(6)66-30-16-12-8-2)60-44-28-26-40(38-22-20-24-42(59-53)50(38)44)52-55(63)51(56(52)64)39-25-27-43-49-37(39)21-19-23-41(49)57-45(33-47(61)67-31-17-13-9-3)46(58-43)34-48(62)68-32-18-14-10-4;1-5-35-29(19-26-11-13-31(39(3)37)21-33(26)35)17-23-7-9-25-10-8-24(16-28(25)15-23)18-30-20-27-12-14-32(40(4)38)22-34(27)36(30)6-2;2-1(3)4;/h19-28,45-46,51-60H,5-18,29-34H2,1-4H3;11-18,21-22,25H,5-10,19-20H2,1-4H3;;1H/q-2;+1;;/p-1. The van der Waals surface area contributed by atoms with E-state index in [2.05, 4.69) is 134 Å². The summed E-state index contributed by atoms with van der Waals surface area (Å²) in [5.74, 6) is -0.485. The van der Waals surface area contributed by atoms with E-state index in [1.54, 1.807) is 12.5 Å². The highest BCUT2D eigenvalue weighted by atomic mass is 32.2. The lowest BCUT2D eigenvalue weighted by atomic mass is 9.62. The van der Waals surface area contributed by atoms with E-state index in [4.69, 9.17) is 18.9 Å². The van der Waals surface area contributed by atoms with Crippen LogP contribution >= 0.6 is 0 Å². The summed E-state index contributed by atoms with van der Waals surface area (Å²) in [5, 5.41) is 47.4. The summed E-state index contributed by atoms with van der Waals surface area (Å²) in [5.41, 5.74) is 16.7. The Bertz CT molecular complexity index is 4510. The number of benzene rings is 6. The highest BCUT2D eigenvalue weighted by molar-refractivity contribution is 7.84. The van der Waals surface area contributed by atoms with E-state index in [9.17, 15) is 41.2 Å². The van der Waals surface area contributed by atoms with Crippen LogP contribution in [0.15, 0.2) is 178 Å². The zero-order chi connectivity index (χ0) is 79.7. The molecule has 0 saturated heterocycles. The predicted molar refractivity (Wildman–Crippen MR) is 447 cm³/mol. The van der Waals surface area contributed by atoms with Crippen LogP contribution in [0.25, 0.3) is 21.5 Å². The van der Waals surface area contributed by atoms with Crippen molar-refractivity contribution in [1.82, 2.24) is 0 Å². The van der Waals surface area contributed by atoms with Crippen LogP contribution < -0.4 is 41.1 Å². The van der Waals surface area contributed by atoms with E-state index in [0.29, 0.717) is 49.4 Å². The van der Waals surface area contributed by atoms with Crippen LogP contribution in [0.4, 0.5) is 47.1 Å². The molecule has 4 N–H and O–H groups in total. The second-order valence-corrected chi connectivity index (χ2v) is 33.2. The van der Waals surface area contributed by atoms with E-state index in [-0.39, 0.29) is 29.5 Å². The van der Waals surface area contributed by atoms with Crippen molar-refractivity contribution in [2.24, 2.45) is 5.92 Å². The number of fused-ring (bicyclic) bond motifs is 3. The molecule has 6 aromatic rings. The average Bonchev–Trinajstić information content (AvgIpc) is 1.05. The van der Waals surface area contributed by atoms with Crippen LogP contribution in [0.1, 0.15) is 191 Å². The summed E-state index contributed by atoms with van der Waals surface area (Å²) in [6.07, 6.45) is 29.1. The summed E-state index contributed by atoms with van der Waals surface area (Å²) in [6, 6.07) is 30.2. The SMILES string of the molecule is C=C(OCCCCC)C1Nc2cccc3c(C4C([O-])C(c5ccc6c7c(cccc57)NC(CC(=O)OCCCCC)C(CC(=O)OCCCCC)N6)C4[O-])ccc(c23)NC1C(=C)OCCCCC.CCN1C(=CC2=CC3=CC(=CC4=[N+](CC)c5cc(S(C)=O)ccc5C4)CCC3CC2)Cc2ccc(S(C)=O)cc21.FB(F)F.[F-]. The van der Waals surface area contributed by atoms with Gasteiger partial charge in [0.15, 0.2) is 5.71 Å². The van der Waals surface area contributed by atoms with Crippen molar-refractivity contribution in [3.63, 3.8) is 0 Å². The van der Waals surface area contributed by atoms with Gasteiger partial charge in [-0.15, -0.1) is 12.2 Å². The zero-order valence-corrected chi connectivity index (χ0v) is 68.6. The lowest BCUT2D eigenvalue weighted by Crippen LogP contribution is -3.00. The van der Waals surface area contributed by atoms with Crippen molar-refractivity contribution in [2.45, 2.75) is 228 Å². The van der Waals surface area contributed by atoms with Crippen molar-refractivity contribution in [1.29, 1.82) is 0 Å². The summed E-state index contributed by atoms with van der Waals surface area (Å²) in [6.45, 7) is 25.3. The third-order valence-electron chi connectivity index (χ3n) is 22.8. The number of carbonyl (C=O) groups is 2. The molecule has 0 spiro atoms. The van der Waals surface area contributed by atoms with Crippen molar-refractivity contribution in [3.8, 4) is 0 Å². The first kappa shape index (κ1) is 86.9. The molecular weight excluding hydrogens is 1480 g/mol. The maximum Gasteiger partial charge on any atom is 0.762 e. The number of likely N-dealkylation sites (N-methyl/N-ethyl adjacent to an activating group) is 1. The fraction of sp³-hybridized carbons (Fsp3) is 0.478. The lowest BCUT2D eigenvalue weighted by molar-refractivity contribution is -0.535. The van der Waals surface area contributed by atoms with E-state index < -0.39 is 77.4 Å². The number of allylic oxidation sites excluding steroid dienone is 8. The van der Waals surface area contributed by atoms with Gasteiger partial charge in [0.05, 0.1) is 68.6 Å². The van der Waals surface area contributed by atoms with E-state index >= 15 is 0 Å². The Morgan fingerprint density at radius 1 is 0.584 bits per heavy atom. The topological polar surface area (TPSA) is 206 Å². The first-order valence-electron chi connectivity index (χ1n) is 40.7. The molecule has 13 rings (SSSR count). The molecular formula is C90H113BF4N6O10S2-2. The number of rotatable bonds is 32. The van der Waals surface area contributed by atoms with Crippen LogP contribution in [0.5, 0.6) is 0 Å². The van der Waals surface area contributed by atoms with Gasteiger partial charge in [0, 0.05) is 109 Å². The number of hydrogen-bond donors (Lipinski definition) is 4. The Hall–Kier alpha value is -8.51. The molecule has 6 aromatic carbocycles. The van der Waals surface area contributed by atoms with Crippen LogP contribution in [0.3, 0.4) is 0 Å². The molecule has 0 aromatic heterocycles. The Morgan fingerprint density at radius 3 is 1.55 bits per heavy atom. The monoisotopic (exact) mass is 1590 g/mol. The number of halogens is 4. The summed E-state index contributed by atoms with van der Waals surface area (Å²) in [7, 11) is -5.61. The minimum atomic E-state index is -3.67. The molecule has 1 saturated carbocycles. The van der Waals surface area contributed by atoms with Crippen LogP contribution in [0.2, 0.25) is 0 Å². The molecule has 3 aliphatic carbocycles. The Labute approximate surface area is 670 Å². The van der Waals surface area contributed by atoms with Crippen molar-refractivity contribution in [2.75, 3.05) is 78.2 Å². The molecule has 9 unspecified atom stereocenters. The van der Waals surface area contributed by atoms with E-state index in [1.165, 1.54) is 63.5 Å². The van der Waals surface area contributed by atoms with Gasteiger partial charge in [0.2, 0.25) is 5.69 Å². The lowest BCUT2D eigenvalue weighted by Gasteiger charge is -2.62. The number of nitrogens with one attached hydrogen (secondary N) is 4. The summed E-state index contributed by atoms with van der Waals surface area (Å²) < 4.78 is 79.3. The van der Waals surface area contributed by atoms with Crippen molar-refractivity contribution in [3.05, 3.63) is 191 Å². The van der Waals surface area contributed by atoms with Crippen LogP contribution in [-0.2, 0) is 63.0 Å². The number of hydrogen-bond acceptors (Lipinski definition) is 15. The first-order chi connectivity index (χ1) is 54.2. The minimum absolute atomic E-state index is 0. The fourth-order valence-corrected chi connectivity index (χ4v) is 18.1. The molecule has 7 aliphatic rings. The highest BCUT2D eigenvalue weighted by Gasteiger charge is 2.43. The van der Waals surface area contributed by atoms with Crippen molar-refractivity contribution >= 4 is 102 Å². The molecule has 608 valence electrons. The predicted octanol–water partition coefficient (Wildman–Crippen LogP) is 14.8. The van der Waals surface area contributed by atoms with Crippen LogP contribution in [-0.4, -0.2) is 127 Å². The average molecular weight is 1590 g/mol. The number of anilines is 5. The first-order valence-corrected chi connectivity index (χ1v) is 43.8.